The van der Waals surface area contributed by atoms with Crippen LogP contribution >= 0.6 is 0 Å². The number of nitrogens with one attached hydrogen (secondary N) is 1. The Bertz CT molecular complexity index is 1150. The Kier molecular flexibility index (Phi) is 2.75. The average molecular weight is 334 g/mol. The van der Waals surface area contributed by atoms with Crippen molar-refractivity contribution in [2.45, 2.75) is 12.0 Å². The quantitative estimate of drug-likeness (QED) is 0.441. The third kappa shape index (κ3) is 1.76. The molecule has 1 N–H and O–H groups in total. The number of benzene rings is 3. The molecule has 3 aromatic carbocycles. The van der Waals surface area contributed by atoms with Crippen molar-refractivity contribution in [2.75, 3.05) is 4.90 Å². The molecule has 124 valence electrons. The summed E-state index contributed by atoms with van der Waals surface area (Å²) in [7, 11) is 0. The third-order valence-corrected chi connectivity index (χ3v) is 5.75. The van der Waals surface area contributed by atoms with Crippen molar-refractivity contribution in [1.82, 2.24) is 4.98 Å². The highest BCUT2D eigenvalue weighted by Gasteiger charge is 2.42. The fraction of sp³-hybridized carbons (Fsp3) is 0.0833. The lowest BCUT2D eigenvalue weighted by Crippen LogP contribution is -2.24. The van der Waals surface area contributed by atoms with E-state index in [9.17, 15) is 0 Å². The van der Waals surface area contributed by atoms with Gasteiger partial charge in [0.25, 0.3) is 0 Å². The van der Waals surface area contributed by atoms with Crippen LogP contribution in [0.25, 0.3) is 17.0 Å². The van der Waals surface area contributed by atoms with Crippen molar-refractivity contribution in [3.8, 4) is 0 Å². The molecule has 1 aromatic heterocycles. The maximum atomic E-state index is 3.73. The molecule has 6 rings (SSSR count). The Labute approximate surface area is 152 Å². The van der Waals surface area contributed by atoms with Crippen LogP contribution in [-0.4, -0.2) is 4.98 Å². The summed E-state index contributed by atoms with van der Waals surface area (Å²) in [6, 6.07) is 28.4. The van der Waals surface area contributed by atoms with Gasteiger partial charge in [0.2, 0.25) is 0 Å². The first-order chi connectivity index (χ1) is 12.9. The van der Waals surface area contributed by atoms with E-state index in [2.05, 4.69) is 101 Å². The van der Waals surface area contributed by atoms with Crippen LogP contribution in [-0.2, 0) is 0 Å². The highest BCUT2D eigenvalue weighted by molar-refractivity contribution is 5.93. The molecule has 2 nitrogen and oxygen atoms in total. The zero-order chi connectivity index (χ0) is 17.1. The lowest BCUT2D eigenvalue weighted by atomic mass is 9.86. The number of H-pyrrole nitrogens is 1. The molecule has 2 heteroatoms. The zero-order valence-corrected chi connectivity index (χ0v) is 14.3. The summed E-state index contributed by atoms with van der Waals surface area (Å²) in [6.45, 7) is 0. The van der Waals surface area contributed by atoms with E-state index < -0.39 is 0 Å². The van der Waals surface area contributed by atoms with E-state index >= 15 is 0 Å². The molecule has 0 fully saturated rings. The summed E-state index contributed by atoms with van der Waals surface area (Å²) in [4.78, 5) is 6.23. The molecule has 2 unspecified atom stereocenters. The van der Waals surface area contributed by atoms with Gasteiger partial charge in [-0.05, 0) is 29.8 Å². The normalized spacial score (nSPS) is 20.1. The summed E-state index contributed by atoms with van der Waals surface area (Å²) in [5.74, 6) is 0.368. The number of aromatic amines is 1. The van der Waals surface area contributed by atoms with Gasteiger partial charge in [-0.2, -0.15) is 0 Å². The van der Waals surface area contributed by atoms with E-state index in [0.717, 1.165) is 0 Å². The van der Waals surface area contributed by atoms with Gasteiger partial charge in [-0.15, -0.1) is 0 Å². The topological polar surface area (TPSA) is 19.0 Å². The van der Waals surface area contributed by atoms with Gasteiger partial charge in [0.1, 0.15) is 0 Å². The molecular weight excluding hydrogens is 316 g/mol. The third-order valence-electron chi connectivity index (χ3n) is 5.75. The smallest absolute Gasteiger partial charge is 0.0850 e. The minimum Gasteiger partial charge on any atom is -0.356 e. The first-order valence-electron chi connectivity index (χ1n) is 9.14. The number of nitrogens with zero attached hydrogens (tertiary/aromatic N) is 1. The van der Waals surface area contributed by atoms with E-state index in [-0.39, 0.29) is 6.04 Å². The Morgan fingerprint density at radius 3 is 2.46 bits per heavy atom. The molecule has 1 aliphatic carbocycles. The molecule has 2 aliphatic rings. The van der Waals surface area contributed by atoms with Crippen LogP contribution in [0.2, 0.25) is 0 Å². The van der Waals surface area contributed by atoms with Crippen molar-refractivity contribution < 1.29 is 0 Å². The fourth-order valence-corrected chi connectivity index (χ4v) is 4.67. The van der Waals surface area contributed by atoms with Crippen molar-refractivity contribution >= 4 is 28.4 Å². The summed E-state index contributed by atoms with van der Waals surface area (Å²) in [6.07, 6.45) is 4.69. The fourth-order valence-electron chi connectivity index (χ4n) is 4.67. The molecule has 0 spiro atoms. The maximum Gasteiger partial charge on any atom is 0.0850 e. The highest BCUT2D eigenvalue weighted by Crippen LogP contribution is 2.55. The predicted octanol–water partition coefficient (Wildman–Crippen LogP) is 6.17. The van der Waals surface area contributed by atoms with Crippen LogP contribution in [0.5, 0.6) is 0 Å². The van der Waals surface area contributed by atoms with E-state index in [1.54, 1.807) is 0 Å². The highest BCUT2D eigenvalue weighted by atomic mass is 15.2. The van der Waals surface area contributed by atoms with Gasteiger partial charge >= 0.3 is 0 Å². The first kappa shape index (κ1) is 14.0. The summed E-state index contributed by atoms with van der Waals surface area (Å²) in [5.41, 5.74) is 7.82. The van der Waals surface area contributed by atoms with Crippen molar-refractivity contribution in [3.63, 3.8) is 0 Å². The molecule has 0 saturated carbocycles. The van der Waals surface area contributed by atoms with Crippen molar-refractivity contribution in [2.24, 2.45) is 0 Å². The van der Waals surface area contributed by atoms with Gasteiger partial charge in [0, 0.05) is 39.5 Å². The molecule has 2 atom stereocenters. The Morgan fingerprint density at radius 2 is 1.54 bits per heavy atom. The second-order valence-corrected chi connectivity index (χ2v) is 7.09. The zero-order valence-electron chi connectivity index (χ0n) is 14.3. The second kappa shape index (κ2) is 5.12. The van der Waals surface area contributed by atoms with E-state index in [1.807, 2.05) is 0 Å². The van der Waals surface area contributed by atoms with Crippen molar-refractivity contribution in [1.29, 1.82) is 0 Å². The Hall–Kier alpha value is -3.26. The van der Waals surface area contributed by atoms with E-state index in [4.69, 9.17) is 0 Å². The lowest BCUT2D eigenvalue weighted by molar-refractivity contribution is 0.652. The number of hydrogen-bond donors (Lipinski definition) is 1. The number of rotatable bonds is 1. The van der Waals surface area contributed by atoms with E-state index in [1.165, 1.54) is 39.1 Å². The van der Waals surface area contributed by atoms with Crippen LogP contribution in [0.1, 0.15) is 28.8 Å². The first-order valence-corrected chi connectivity index (χ1v) is 9.14. The van der Waals surface area contributed by atoms with Crippen LogP contribution < -0.4 is 4.90 Å². The molecular formula is C24H18N2. The number of aromatic nitrogens is 1. The number of para-hydroxylation sites is 3. The van der Waals surface area contributed by atoms with Gasteiger partial charge in [-0.3, -0.25) is 0 Å². The molecule has 26 heavy (non-hydrogen) atoms. The standard InChI is InChI=1S/C24H18N2/c1-2-8-16(9-3-1)26-22-13-7-5-11-18(22)20-15-14-19-17-10-4-6-12-21(17)25-23(19)24(20)26/h1-15,20,24-25H. The largest absolute Gasteiger partial charge is 0.356 e. The minimum absolute atomic E-state index is 0.266. The molecule has 4 aromatic rings. The summed E-state index contributed by atoms with van der Waals surface area (Å²) in [5, 5.41) is 1.31. The SMILES string of the molecule is C1=CC2c3ccccc3N(c3ccccc3)C2c2[nH]c3ccccc3c21. The number of anilines is 2. The van der Waals surface area contributed by atoms with Crippen LogP contribution in [0.4, 0.5) is 11.4 Å². The number of hydrogen-bond acceptors (Lipinski definition) is 1. The van der Waals surface area contributed by atoms with Gasteiger partial charge in [0.05, 0.1) is 6.04 Å². The molecule has 0 saturated heterocycles. The van der Waals surface area contributed by atoms with Gasteiger partial charge < -0.3 is 9.88 Å². The predicted molar refractivity (Wildman–Crippen MR) is 108 cm³/mol. The van der Waals surface area contributed by atoms with Crippen LogP contribution in [0.3, 0.4) is 0 Å². The molecule has 0 radical (unpaired) electrons. The van der Waals surface area contributed by atoms with Crippen LogP contribution in [0.15, 0.2) is 84.9 Å². The Morgan fingerprint density at radius 1 is 0.769 bits per heavy atom. The second-order valence-electron chi connectivity index (χ2n) is 7.09. The molecule has 2 heterocycles. The van der Waals surface area contributed by atoms with Gasteiger partial charge in [0.15, 0.2) is 0 Å². The van der Waals surface area contributed by atoms with Gasteiger partial charge in [-0.25, -0.2) is 0 Å². The Balaban J connectivity index is 1.64. The molecule has 1 aliphatic heterocycles. The molecule has 0 amide bonds. The van der Waals surface area contributed by atoms with Crippen molar-refractivity contribution in [3.05, 3.63) is 102 Å². The summed E-state index contributed by atoms with van der Waals surface area (Å²) >= 11 is 0. The van der Waals surface area contributed by atoms with Gasteiger partial charge in [-0.1, -0.05) is 66.7 Å². The monoisotopic (exact) mass is 334 g/mol. The maximum absolute atomic E-state index is 3.73. The minimum atomic E-state index is 0.266. The van der Waals surface area contributed by atoms with E-state index in [0.29, 0.717) is 5.92 Å². The number of fused-ring (bicyclic) bond motifs is 7. The van der Waals surface area contributed by atoms with Crippen LogP contribution in [0, 0.1) is 0 Å². The summed E-state index contributed by atoms with van der Waals surface area (Å²) < 4.78 is 0. The molecule has 0 bridgehead atoms. The lowest BCUT2D eigenvalue weighted by Gasteiger charge is -2.31. The average Bonchev–Trinajstić information content (AvgIpc) is 3.24.